The molecule has 0 amide bonds. The second-order valence-electron chi connectivity index (χ2n) is 3.53. The van der Waals surface area contributed by atoms with Gasteiger partial charge in [0.25, 0.3) is 0 Å². The monoisotopic (exact) mass is 256 g/mol. The van der Waals surface area contributed by atoms with Crippen LogP contribution in [0.1, 0.15) is 52.4 Å². The lowest BCUT2D eigenvalue weighted by Crippen LogP contribution is -1.98. The molecule has 6 heteroatoms. The summed E-state index contributed by atoms with van der Waals surface area (Å²) in [6.45, 7) is 4.05. The van der Waals surface area contributed by atoms with Crippen molar-refractivity contribution in [3.05, 3.63) is 0 Å². The van der Waals surface area contributed by atoms with Crippen molar-refractivity contribution in [3.63, 3.8) is 0 Å². The molecule has 0 heterocycles. The molecule has 1 unspecified atom stereocenters. The third kappa shape index (κ3) is 8.22. The summed E-state index contributed by atoms with van der Waals surface area (Å²) in [5, 5.41) is 0. The first-order valence-corrected chi connectivity index (χ1v) is 7.34. The molecule has 0 aromatic carbocycles. The van der Waals surface area contributed by atoms with Crippen molar-refractivity contribution >= 4 is 7.82 Å². The highest BCUT2D eigenvalue weighted by molar-refractivity contribution is 7.48. The molecule has 0 rings (SSSR count). The van der Waals surface area contributed by atoms with E-state index in [0.717, 1.165) is 19.3 Å². The summed E-state index contributed by atoms with van der Waals surface area (Å²) in [5.41, 5.74) is 0. The van der Waals surface area contributed by atoms with Gasteiger partial charge in [-0.2, -0.15) is 0 Å². The molecule has 0 saturated carbocycles. The Hall–Kier alpha value is 0.0400. The minimum atomic E-state index is -3.93. The zero-order valence-electron chi connectivity index (χ0n) is 10.1. The molecule has 0 fully saturated rings. The fourth-order valence-electron chi connectivity index (χ4n) is 1.29. The Labute approximate surface area is 97.0 Å². The molecule has 0 aliphatic rings. The van der Waals surface area contributed by atoms with Crippen LogP contribution in [0.5, 0.6) is 0 Å². The first-order valence-electron chi connectivity index (χ1n) is 5.88. The molecule has 98 valence electrons. The van der Waals surface area contributed by atoms with Crippen LogP contribution in [0.4, 0.5) is 4.53 Å². The van der Waals surface area contributed by atoms with E-state index in [-0.39, 0.29) is 13.2 Å². The van der Waals surface area contributed by atoms with Crippen LogP contribution in [0, 0.1) is 0 Å². The first kappa shape index (κ1) is 16.0. The Bertz CT molecular complexity index is 201. The molecule has 4 nitrogen and oxygen atoms in total. The quantitative estimate of drug-likeness (QED) is 0.405. The molecule has 16 heavy (non-hydrogen) atoms. The van der Waals surface area contributed by atoms with Crippen LogP contribution < -0.4 is 0 Å². The predicted molar refractivity (Wildman–Crippen MR) is 60.8 cm³/mol. The summed E-state index contributed by atoms with van der Waals surface area (Å²) in [6.07, 6.45) is 6.46. The van der Waals surface area contributed by atoms with Gasteiger partial charge in [0.1, 0.15) is 0 Å². The highest BCUT2D eigenvalue weighted by atomic mass is 31.2. The largest absolute Gasteiger partial charge is 0.506 e. The first-order chi connectivity index (χ1) is 7.68. The SMILES string of the molecule is CCCCCCCCOP(=O)(OF)OCC. The molecular formula is C10H22FO4P. The fraction of sp³-hybridized carbons (Fsp3) is 1.00. The van der Waals surface area contributed by atoms with Crippen LogP contribution in [0.25, 0.3) is 0 Å². The van der Waals surface area contributed by atoms with Crippen molar-refractivity contribution < 1.29 is 22.9 Å². The lowest BCUT2D eigenvalue weighted by Gasteiger charge is -2.11. The van der Waals surface area contributed by atoms with Gasteiger partial charge in [-0.3, -0.25) is 9.05 Å². The zero-order chi connectivity index (χ0) is 12.3. The molecule has 0 N–H and O–H groups in total. The lowest BCUT2D eigenvalue weighted by atomic mass is 10.1. The van der Waals surface area contributed by atoms with Crippen LogP contribution in [0.15, 0.2) is 0 Å². The molecule has 0 aliphatic carbocycles. The second-order valence-corrected chi connectivity index (χ2v) is 5.08. The van der Waals surface area contributed by atoms with Crippen molar-refractivity contribution in [1.82, 2.24) is 0 Å². The van der Waals surface area contributed by atoms with E-state index < -0.39 is 7.82 Å². The number of phosphoric ester groups is 1. The number of halogens is 1. The van der Waals surface area contributed by atoms with Gasteiger partial charge in [0, 0.05) is 0 Å². The van der Waals surface area contributed by atoms with Crippen molar-refractivity contribution in [3.8, 4) is 0 Å². The van der Waals surface area contributed by atoms with Crippen LogP contribution in [0.3, 0.4) is 0 Å². The highest BCUT2D eigenvalue weighted by Crippen LogP contribution is 2.49. The van der Waals surface area contributed by atoms with Gasteiger partial charge in [0.05, 0.1) is 13.2 Å². The molecular weight excluding hydrogens is 234 g/mol. The molecule has 0 spiro atoms. The molecule has 0 bridgehead atoms. The van der Waals surface area contributed by atoms with E-state index in [1.807, 2.05) is 0 Å². The molecule has 0 aliphatic heterocycles. The zero-order valence-corrected chi connectivity index (χ0v) is 11.0. The van der Waals surface area contributed by atoms with Gasteiger partial charge >= 0.3 is 7.82 Å². The Morgan fingerprint density at radius 2 is 1.62 bits per heavy atom. The average Bonchev–Trinajstić information content (AvgIpc) is 2.28. The van der Waals surface area contributed by atoms with Gasteiger partial charge in [-0.05, 0) is 17.9 Å². The number of rotatable bonds is 11. The van der Waals surface area contributed by atoms with E-state index in [4.69, 9.17) is 4.52 Å². The second kappa shape index (κ2) is 10.2. The topological polar surface area (TPSA) is 44.8 Å². The molecule has 0 radical (unpaired) electrons. The Balaban J connectivity index is 3.45. The third-order valence-corrected chi connectivity index (χ3v) is 3.36. The van der Waals surface area contributed by atoms with Gasteiger partial charge in [-0.15, -0.1) is 0 Å². The lowest BCUT2D eigenvalue weighted by molar-refractivity contribution is -0.0563. The Morgan fingerprint density at radius 1 is 1.00 bits per heavy atom. The minimum absolute atomic E-state index is 0.0949. The van der Waals surface area contributed by atoms with Crippen LogP contribution in [0.2, 0.25) is 0 Å². The fourth-order valence-corrected chi connectivity index (χ4v) is 2.12. The maximum Gasteiger partial charge on any atom is 0.506 e. The summed E-state index contributed by atoms with van der Waals surface area (Å²) in [5.74, 6) is 0. The molecule has 0 saturated heterocycles. The standard InChI is InChI=1S/C10H22FO4P/c1-3-5-6-7-8-9-10-14-16(12,15-11)13-4-2/h3-10H2,1-2H3. The molecule has 0 aromatic rings. The highest BCUT2D eigenvalue weighted by Gasteiger charge is 2.26. The maximum absolute atomic E-state index is 11.9. The van der Waals surface area contributed by atoms with Crippen LogP contribution >= 0.6 is 7.82 Å². The van der Waals surface area contributed by atoms with Crippen molar-refractivity contribution in [1.29, 1.82) is 0 Å². The van der Waals surface area contributed by atoms with Gasteiger partial charge in [-0.1, -0.05) is 43.8 Å². The van der Waals surface area contributed by atoms with Crippen LogP contribution in [-0.2, 0) is 18.3 Å². The third-order valence-electron chi connectivity index (χ3n) is 2.12. The van der Waals surface area contributed by atoms with E-state index in [1.54, 1.807) is 6.92 Å². The summed E-state index contributed by atoms with van der Waals surface area (Å²) >= 11 is 0. The van der Waals surface area contributed by atoms with E-state index in [2.05, 4.69) is 16.2 Å². The Kier molecular flexibility index (Phi) is 10.2. The van der Waals surface area contributed by atoms with E-state index in [1.165, 1.54) is 19.3 Å². The van der Waals surface area contributed by atoms with Crippen molar-refractivity contribution in [2.45, 2.75) is 52.4 Å². The summed E-state index contributed by atoms with van der Waals surface area (Å²) in [4.78, 5) is 0. The smallest absolute Gasteiger partial charge is 0.285 e. The molecule has 1 atom stereocenters. The number of unbranched alkanes of at least 4 members (excludes halogenated alkanes) is 5. The minimum Gasteiger partial charge on any atom is -0.285 e. The van der Waals surface area contributed by atoms with Gasteiger partial charge in [0.2, 0.25) is 0 Å². The number of hydrogen-bond donors (Lipinski definition) is 0. The Morgan fingerprint density at radius 3 is 2.19 bits per heavy atom. The summed E-state index contributed by atoms with van der Waals surface area (Å²) in [6, 6.07) is 0. The van der Waals surface area contributed by atoms with Crippen molar-refractivity contribution in [2.24, 2.45) is 0 Å². The number of phosphoric acid groups is 1. The normalized spacial score (nSPS) is 14.9. The van der Waals surface area contributed by atoms with E-state index >= 15 is 0 Å². The predicted octanol–water partition coefficient (Wildman–Crippen LogP) is 4.41. The van der Waals surface area contributed by atoms with E-state index in [9.17, 15) is 9.09 Å². The van der Waals surface area contributed by atoms with Gasteiger partial charge < -0.3 is 0 Å². The van der Waals surface area contributed by atoms with Crippen molar-refractivity contribution in [2.75, 3.05) is 13.2 Å². The van der Waals surface area contributed by atoms with Gasteiger partial charge in [-0.25, -0.2) is 4.57 Å². The summed E-state index contributed by atoms with van der Waals surface area (Å²) < 4.78 is 35.7. The maximum atomic E-state index is 11.9. The molecule has 0 aromatic heterocycles. The summed E-state index contributed by atoms with van der Waals surface area (Å²) in [7, 11) is -3.93. The van der Waals surface area contributed by atoms with Crippen LogP contribution in [-0.4, -0.2) is 13.2 Å². The van der Waals surface area contributed by atoms with E-state index in [0.29, 0.717) is 0 Å². The number of hydrogen-bond acceptors (Lipinski definition) is 4. The average molecular weight is 256 g/mol. The van der Waals surface area contributed by atoms with Gasteiger partial charge in [0.15, 0.2) is 0 Å².